The summed E-state index contributed by atoms with van der Waals surface area (Å²) in [4.78, 5) is 28.7. The van der Waals surface area contributed by atoms with Crippen molar-refractivity contribution in [1.29, 1.82) is 0 Å². The molecule has 3 aromatic heterocycles. The van der Waals surface area contributed by atoms with Gasteiger partial charge in [0.25, 0.3) is 5.91 Å². The van der Waals surface area contributed by atoms with Crippen molar-refractivity contribution in [2.24, 2.45) is 0 Å². The predicted octanol–water partition coefficient (Wildman–Crippen LogP) is 3.48. The minimum Gasteiger partial charge on any atom is -0.379 e. The Bertz CT molecular complexity index is 1360. The van der Waals surface area contributed by atoms with E-state index in [1.165, 1.54) is 0 Å². The van der Waals surface area contributed by atoms with Crippen LogP contribution in [0.15, 0.2) is 61.2 Å². The van der Waals surface area contributed by atoms with Gasteiger partial charge in [0.2, 0.25) is 0 Å². The Labute approximate surface area is 215 Å². The predicted molar refractivity (Wildman–Crippen MR) is 143 cm³/mol. The Kier molecular flexibility index (Phi) is 6.79. The van der Waals surface area contributed by atoms with Gasteiger partial charge in [-0.25, -0.2) is 9.97 Å². The SMILES string of the molecule is O=C(NC1CC1)c1ccc(-c2cnc3c(NCCCN4CCOCC4)nc(-c4ccncc4)cn23)cc1. The molecule has 0 atom stereocenters. The summed E-state index contributed by atoms with van der Waals surface area (Å²) in [7, 11) is 0. The number of rotatable bonds is 9. The fourth-order valence-corrected chi connectivity index (χ4v) is 4.61. The van der Waals surface area contributed by atoms with Crippen LogP contribution < -0.4 is 10.6 Å². The highest BCUT2D eigenvalue weighted by molar-refractivity contribution is 5.95. The van der Waals surface area contributed by atoms with Gasteiger partial charge in [0.05, 0.1) is 30.8 Å². The van der Waals surface area contributed by atoms with Gasteiger partial charge in [-0.05, 0) is 50.1 Å². The van der Waals surface area contributed by atoms with Gasteiger partial charge in [-0.15, -0.1) is 0 Å². The number of ether oxygens (including phenoxy) is 1. The van der Waals surface area contributed by atoms with E-state index in [1.54, 1.807) is 12.4 Å². The molecule has 9 heteroatoms. The van der Waals surface area contributed by atoms with Crippen LogP contribution in [-0.4, -0.2) is 75.6 Å². The van der Waals surface area contributed by atoms with Crippen molar-refractivity contribution in [2.75, 3.05) is 44.7 Å². The van der Waals surface area contributed by atoms with Gasteiger partial charge in [-0.2, -0.15) is 0 Å². The minimum absolute atomic E-state index is 0.0140. The molecular weight excluding hydrogens is 466 g/mol. The van der Waals surface area contributed by atoms with Crippen molar-refractivity contribution in [2.45, 2.75) is 25.3 Å². The molecule has 0 radical (unpaired) electrons. The highest BCUT2D eigenvalue weighted by atomic mass is 16.5. The highest BCUT2D eigenvalue weighted by Gasteiger charge is 2.24. The number of benzene rings is 1. The lowest BCUT2D eigenvalue weighted by Crippen LogP contribution is -2.37. The third-order valence-electron chi connectivity index (χ3n) is 6.87. The second kappa shape index (κ2) is 10.7. The molecule has 0 unspecified atom stereocenters. The average molecular weight is 498 g/mol. The Morgan fingerprint density at radius 2 is 1.81 bits per heavy atom. The van der Waals surface area contributed by atoms with Gasteiger partial charge < -0.3 is 15.4 Å². The normalized spacial score (nSPS) is 16.1. The second-order valence-corrected chi connectivity index (χ2v) is 9.61. The molecule has 2 aliphatic rings. The highest BCUT2D eigenvalue weighted by Crippen LogP contribution is 2.28. The van der Waals surface area contributed by atoms with Gasteiger partial charge >= 0.3 is 0 Å². The summed E-state index contributed by atoms with van der Waals surface area (Å²) in [5, 5.41) is 6.57. The maximum Gasteiger partial charge on any atom is 0.251 e. The number of fused-ring (bicyclic) bond motifs is 1. The summed E-state index contributed by atoms with van der Waals surface area (Å²) < 4.78 is 7.53. The van der Waals surface area contributed by atoms with Crippen LogP contribution in [0.2, 0.25) is 0 Å². The quantitative estimate of drug-likeness (QED) is 0.342. The molecule has 1 aliphatic heterocycles. The average Bonchev–Trinajstić information content (AvgIpc) is 3.66. The number of morpholine rings is 1. The van der Waals surface area contributed by atoms with Crippen LogP contribution in [0.25, 0.3) is 28.2 Å². The zero-order valence-electron chi connectivity index (χ0n) is 20.8. The Morgan fingerprint density at radius 1 is 1.03 bits per heavy atom. The van der Waals surface area contributed by atoms with E-state index in [0.717, 1.165) is 92.6 Å². The summed E-state index contributed by atoms with van der Waals surface area (Å²) >= 11 is 0. The van der Waals surface area contributed by atoms with Crippen LogP contribution >= 0.6 is 0 Å². The lowest BCUT2D eigenvalue weighted by atomic mass is 10.1. The number of carbonyl (C=O) groups excluding carboxylic acids is 1. The molecule has 1 amide bonds. The standard InChI is InChI=1S/C28H31N7O2/c36-28(32-23-6-7-23)22-4-2-21(3-5-22)25-18-31-27-26(30-10-1-13-34-14-16-37-17-15-34)33-24(19-35(25)27)20-8-11-29-12-9-20/h2-5,8-9,11-12,18-19,23H,1,6-7,10,13-17H2,(H,30,33)(H,32,36). The first kappa shape index (κ1) is 23.6. The topological polar surface area (TPSA) is 96.7 Å². The van der Waals surface area contributed by atoms with E-state index in [9.17, 15) is 4.79 Å². The van der Waals surface area contributed by atoms with Crippen molar-refractivity contribution >= 4 is 17.4 Å². The number of pyridine rings is 1. The number of nitrogens with zero attached hydrogens (tertiary/aromatic N) is 5. The van der Waals surface area contributed by atoms with Crippen LogP contribution in [-0.2, 0) is 4.74 Å². The molecule has 2 fully saturated rings. The number of nitrogens with one attached hydrogen (secondary N) is 2. The molecule has 1 saturated carbocycles. The van der Waals surface area contributed by atoms with Crippen LogP contribution in [0.3, 0.4) is 0 Å². The smallest absolute Gasteiger partial charge is 0.251 e. The number of hydrogen-bond donors (Lipinski definition) is 2. The van der Waals surface area contributed by atoms with Crippen molar-refractivity contribution in [3.8, 4) is 22.5 Å². The summed E-state index contributed by atoms with van der Waals surface area (Å²) in [5.41, 5.74) is 5.20. The number of imidazole rings is 1. The van der Waals surface area contributed by atoms with Crippen LogP contribution in [0, 0.1) is 0 Å². The van der Waals surface area contributed by atoms with Crippen molar-refractivity contribution in [3.63, 3.8) is 0 Å². The Balaban J connectivity index is 1.26. The van der Waals surface area contributed by atoms with E-state index in [-0.39, 0.29) is 5.91 Å². The molecule has 37 heavy (non-hydrogen) atoms. The lowest BCUT2D eigenvalue weighted by molar-refractivity contribution is 0.0378. The summed E-state index contributed by atoms with van der Waals surface area (Å²) in [6, 6.07) is 12.0. The number of carbonyl (C=O) groups is 1. The zero-order chi connectivity index (χ0) is 25.0. The van der Waals surface area contributed by atoms with Gasteiger partial charge in [0.15, 0.2) is 11.5 Å². The zero-order valence-corrected chi connectivity index (χ0v) is 20.8. The van der Waals surface area contributed by atoms with Gasteiger partial charge in [-0.1, -0.05) is 12.1 Å². The van der Waals surface area contributed by atoms with E-state index < -0.39 is 0 Å². The summed E-state index contributed by atoms with van der Waals surface area (Å²) in [6.45, 7) is 5.43. The van der Waals surface area contributed by atoms with Gasteiger partial charge in [0, 0.05) is 61.0 Å². The van der Waals surface area contributed by atoms with E-state index in [2.05, 4.69) is 24.9 Å². The lowest BCUT2D eigenvalue weighted by Gasteiger charge is -2.26. The van der Waals surface area contributed by atoms with Crippen molar-refractivity contribution in [3.05, 3.63) is 66.7 Å². The van der Waals surface area contributed by atoms with Crippen LogP contribution in [0.5, 0.6) is 0 Å². The van der Waals surface area contributed by atoms with E-state index >= 15 is 0 Å². The summed E-state index contributed by atoms with van der Waals surface area (Å²) in [5.74, 6) is 0.739. The largest absolute Gasteiger partial charge is 0.379 e. The molecule has 1 saturated heterocycles. The fourth-order valence-electron chi connectivity index (χ4n) is 4.61. The molecular formula is C28H31N7O2. The molecule has 2 N–H and O–H groups in total. The summed E-state index contributed by atoms with van der Waals surface area (Å²) in [6.07, 6.45) is 10.6. The molecule has 4 heterocycles. The molecule has 0 spiro atoms. The van der Waals surface area contributed by atoms with E-state index in [4.69, 9.17) is 14.7 Å². The first-order chi connectivity index (χ1) is 18.2. The fraction of sp³-hybridized carbons (Fsp3) is 0.357. The van der Waals surface area contributed by atoms with Gasteiger partial charge in [0.1, 0.15) is 0 Å². The maximum atomic E-state index is 12.4. The van der Waals surface area contributed by atoms with Gasteiger partial charge in [-0.3, -0.25) is 19.1 Å². The Morgan fingerprint density at radius 3 is 2.57 bits per heavy atom. The van der Waals surface area contributed by atoms with Crippen molar-refractivity contribution in [1.82, 2.24) is 29.6 Å². The number of hydrogen-bond acceptors (Lipinski definition) is 7. The van der Waals surface area contributed by atoms with Crippen LogP contribution in [0.4, 0.5) is 5.82 Å². The monoisotopic (exact) mass is 497 g/mol. The third-order valence-corrected chi connectivity index (χ3v) is 6.87. The molecule has 6 rings (SSSR count). The first-order valence-electron chi connectivity index (χ1n) is 13.0. The number of anilines is 1. The third kappa shape index (κ3) is 5.47. The Hall–Kier alpha value is -3.82. The second-order valence-electron chi connectivity index (χ2n) is 9.61. The van der Waals surface area contributed by atoms with Crippen molar-refractivity contribution < 1.29 is 9.53 Å². The molecule has 1 aromatic carbocycles. The molecule has 0 bridgehead atoms. The molecule has 4 aromatic rings. The maximum absolute atomic E-state index is 12.4. The minimum atomic E-state index is -0.0140. The first-order valence-corrected chi connectivity index (χ1v) is 13.0. The molecule has 190 valence electrons. The number of aromatic nitrogens is 4. The van der Waals surface area contributed by atoms with E-state index in [1.807, 2.05) is 48.8 Å². The number of amides is 1. The van der Waals surface area contributed by atoms with E-state index in [0.29, 0.717) is 11.6 Å². The molecule has 9 nitrogen and oxygen atoms in total. The van der Waals surface area contributed by atoms with Crippen LogP contribution in [0.1, 0.15) is 29.6 Å². The molecule has 1 aliphatic carbocycles.